The lowest BCUT2D eigenvalue weighted by Gasteiger charge is -2.19. The van der Waals surface area contributed by atoms with Crippen LogP contribution >= 0.6 is 11.6 Å². The minimum absolute atomic E-state index is 0.391. The molecule has 0 bridgehead atoms. The third kappa shape index (κ3) is 3.32. The third-order valence-corrected chi connectivity index (χ3v) is 2.77. The molecule has 1 nitrogen and oxygen atoms in total. The maximum absolute atomic E-state index is 5.83. The standard InChI is InChI=1S/C12H18ClN/c1-4-9(2)14-10(3)11-5-7-12(13)8-6-11/h5-10,14H,4H2,1-3H3/t9-,10+/m1/s1. The molecule has 0 aliphatic rings. The van der Waals surface area contributed by atoms with Gasteiger partial charge in [0.25, 0.3) is 0 Å². The maximum Gasteiger partial charge on any atom is 0.0406 e. The first kappa shape index (κ1) is 11.5. The fourth-order valence-corrected chi connectivity index (χ4v) is 1.52. The summed E-state index contributed by atoms with van der Waals surface area (Å²) in [6, 6.07) is 8.96. The van der Waals surface area contributed by atoms with Crippen molar-refractivity contribution >= 4 is 11.6 Å². The van der Waals surface area contributed by atoms with E-state index in [4.69, 9.17) is 11.6 Å². The van der Waals surface area contributed by atoms with Gasteiger partial charge in [0.1, 0.15) is 0 Å². The highest BCUT2D eigenvalue weighted by Gasteiger charge is 2.07. The van der Waals surface area contributed by atoms with Crippen LogP contribution in [0.25, 0.3) is 0 Å². The van der Waals surface area contributed by atoms with Gasteiger partial charge in [-0.25, -0.2) is 0 Å². The molecule has 1 aromatic carbocycles. The van der Waals surface area contributed by atoms with Crippen molar-refractivity contribution < 1.29 is 0 Å². The van der Waals surface area contributed by atoms with Gasteiger partial charge in [0.05, 0.1) is 0 Å². The fourth-order valence-electron chi connectivity index (χ4n) is 1.39. The number of benzene rings is 1. The first-order valence-electron chi connectivity index (χ1n) is 5.15. The van der Waals surface area contributed by atoms with Gasteiger partial charge in [-0.3, -0.25) is 0 Å². The summed E-state index contributed by atoms with van der Waals surface area (Å²) < 4.78 is 0. The lowest BCUT2D eigenvalue weighted by atomic mass is 10.1. The summed E-state index contributed by atoms with van der Waals surface area (Å²) in [7, 11) is 0. The zero-order valence-corrected chi connectivity index (χ0v) is 9.81. The zero-order valence-electron chi connectivity index (χ0n) is 9.05. The molecule has 0 heterocycles. The second kappa shape index (κ2) is 5.38. The molecule has 0 radical (unpaired) electrons. The fraction of sp³-hybridized carbons (Fsp3) is 0.500. The van der Waals surface area contributed by atoms with Crippen LogP contribution in [0.3, 0.4) is 0 Å². The molecule has 0 saturated heterocycles. The Balaban J connectivity index is 2.60. The molecule has 1 N–H and O–H groups in total. The highest BCUT2D eigenvalue weighted by molar-refractivity contribution is 6.30. The van der Waals surface area contributed by atoms with E-state index in [-0.39, 0.29) is 0 Å². The van der Waals surface area contributed by atoms with Crippen molar-refractivity contribution in [2.45, 2.75) is 39.3 Å². The number of rotatable bonds is 4. The second-order valence-electron chi connectivity index (χ2n) is 3.75. The molecule has 0 unspecified atom stereocenters. The van der Waals surface area contributed by atoms with E-state index >= 15 is 0 Å². The van der Waals surface area contributed by atoms with E-state index in [1.807, 2.05) is 12.1 Å². The minimum atomic E-state index is 0.391. The van der Waals surface area contributed by atoms with E-state index in [9.17, 15) is 0 Å². The predicted octanol–water partition coefficient (Wildman–Crippen LogP) is 3.79. The van der Waals surface area contributed by atoms with Crippen molar-refractivity contribution in [3.8, 4) is 0 Å². The minimum Gasteiger partial charge on any atom is -0.308 e. The maximum atomic E-state index is 5.83. The van der Waals surface area contributed by atoms with Gasteiger partial charge in [-0.05, 0) is 38.0 Å². The average molecular weight is 212 g/mol. The normalized spacial score (nSPS) is 15.1. The van der Waals surface area contributed by atoms with Crippen LogP contribution in [0, 0.1) is 0 Å². The molecule has 0 spiro atoms. The van der Waals surface area contributed by atoms with Gasteiger partial charge in [-0.2, -0.15) is 0 Å². The summed E-state index contributed by atoms with van der Waals surface area (Å²) in [4.78, 5) is 0. The van der Waals surface area contributed by atoms with Crippen molar-refractivity contribution in [1.82, 2.24) is 5.32 Å². The van der Waals surface area contributed by atoms with E-state index in [0.717, 1.165) is 11.4 Å². The Morgan fingerprint density at radius 3 is 2.29 bits per heavy atom. The van der Waals surface area contributed by atoms with E-state index in [0.29, 0.717) is 12.1 Å². The molecule has 1 rings (SSSR count). The first-order valence-corrected chi connectivity index (χ1v) is 5.52. The molecule has 0 saturated carbocycles. The van der Waals surface area contributed by atoms with Crippen molar-refractivity contribution in [3.63, 3.8) is 0 Å². The first-order chi connectivity index (χ1) is 6.63. The van der Waals surface area contributed by atoms with Gasteiger partial charge in [-0.1, -0.05) is 30.7 Å². The topological polar surface area (TPSA) is 12.0 Å². The Hall–Kier alpha value is -0.530. The van der Waals surface area contributed by atoms with Crippen LogP contribution in [0.5, 0.6) is 0 Å². The molecule has 0 fully saturated rings. The van der Waals surface area contributed by atoms with Crippen LogP contribution in [-0.2, 0) is 0 Å². The molecule has 1 aromatic rings. The van der Waals surface area contributed by atoms with Gasteiger partial charge < -0.3 is 5.32 Å². The quantitative estimate of drug-likeness (QED) is 0.799. The molecule has 78 valence electrons. The van der Waals surface area contributed by atoms with Gasteiger partial charge in [0.2, 0.25) is 0 Å². The summed E-state index contributed by atoms with van der Waals surface area (Å²) in [6.45, 7) is 6.56. The van der Waals surface area contributed by atoms with E-state index < -0.39 is 0 Å². The summed E-state index contributed by atoms with van der Waals surface area (Å²) in [5, 5.41) is 4.32. The average Bonchev–Trinajstić information content (AvgIpc) is 2.18. The van der Waals surface area contributed by atoms with Gasteiger partial charge in [0.15, 0.2) is 0 Å². The van der Waals surface area contributed by atoms with E-state index in [2.05, 4.69) is 38.2 Å². The molecule has 2 heteroatoms. The molecule has 2 atom stereocenters. The summed E-state index contributed by atoms with van der Waals surface area (Å²) >= 11 is 5.83. The van der Waals surface area contributed by atoms with Gasteiger partial charge >= 0.3 is 0 Å². The van der Waals surface area contributed by atoms with Crippen molar-refractivity contribution in [1.29, 1.82) is 0 Å². The van der Waals surface area contributed by atoms with E-state index in [1.54, 1.807) is 0 Å². The number of hydrogen-bond acceptors (Lipinski definition) is 1. The molecular formula is C12H18ClN. The number of hydrogen-bond donors (Lipinski definition) is 1. The van der Waals surface area contributed by atoms with Crippen molar-refractivity contribution in [3.05, 3.63) is 34.9 Å². The summed E-state index contributed by atoms with van der Waals surface area (Å²) in [5.41, 5.74) is 1.29. The number of nitrogens with one attached hydrogen (secondary N) is 1. The van der Waals surface area contributed by atoms with Gasteiger partial charge in [0, 0.05) is 17.1 Å². The third-order valence-electron chi connectivity index (χ3n) is 2.52. The molecule has 0 aromatic heterocycles. The van der Waals surface area contributed by atoms with Crippen LogP contribution in [0.15, 0.2) is 24.3 Å². The Morgan fingerprint density at radius 2 is 1.79 bits per heavy atom. The Morgan fingerprint density at radius 1 is 1.21 bits per heavy atom. The lowest BCUT2D eigenvalue weighted by Crippen LogP contribution is -2.28. The second-order valence-corrected chi connectivity index (χ2v) is 4.19. The van der Waals surface area contributed by atoms with Crippen molar-refractivity contribution in [2.24, 2.45) is 0 Å². The highest BCUT2D eigenvalue weighted by Crippen LogP contribution is 2.16. The van der Waals surface area contributed by atoms with Crippen LogP contribution in [0.4, 0.5) is 0 Å². The van der Waals surface area contributed by atoms with Crippen LogP contribution in [0.2, 0.25) is 5.02 Å². The summed E-state index contributed by atoms with van der Waals surface area (Å²) in [5.74, 6) is 0. The zero-order chi connectivity index (χ0) is 10.6. The predicted molar refractivity (Wildman–Crippen MR) is 62.8 cm³/mol. The molecule has 14 heavy (non-hydrogen) atoms. The van der Waals surface area contributed by atoms with Crippen LogP contribution in [0.1, 0.15) is 38.8 Å². The SMILES string of the molecule is CC[C@@H](C)N[C@@H](C)c1ccc(Cl)cc1. The highest BCUT2D eigenvalue weighted by atomic mass is 35.5. The van der Waals surface area contributed by atoms with Crippen LogP contribution < -0.4 is 5.32 Å². The molecule has 0 amide bonds. The Labute approximate surface area is 91.5 Å². The van der Waals surface area contributed by atoms with Crippen LogP contribution in [-0.4, -0.2) is 6.04 Å². The largest absolute Gasteiger partial charge is 0.308 e. The van der Waals surface area contributed by atoms with E-state index in [1.165, 1.54) is 5.56 Å². The smallest absolute Gasteiger partial charge is 0.0406 e. The Bertz CT molecular complexity index is 268. The van der Waals surface area contributed by atoms with Gasteiger partial charge in [-0.15, -0.1) is 0 Å². The molecule has 0 aliphatic carbocycles. The summed E-state index contributed by atoms with van der Waals surface area (Å²) in [6.07, 6.45) is 1.15. The molecular weight excluding hydrogens is 194 g/mol. The van der Waals surface area contributed by atoms with Crippen molar-refractivity contribution in [2.75, 3.05) is 0 Å². The molecule has 0 aliphatic heterocycles. The lowest BCUT2D eigenvalue weighted by molar-refractivity contribution is 0.469. The number of halogens is 1. The monoisotopic (exact) mass is 211 g/mol. The Kier molecular flexibility index (Phi) is 4.43.